The van der Waals surface area contributed by atoms with Crippen LogP contribution in [0.5, 0.6) is 5.75 Å². The van der Waals surface area contributed by atoms with Crippen LogP contribution in [0.1, 0.15) is 0 Å². The molecule has 0 aliphatic heterocycles. The molecule has 2 rings (SSSR count). The average molecular weight is 397 g/mol. The number of benzene rings is 2. The highest BCUT2D eigenvalue weighted by Gasteiger charge is 2.13. The molecule has 8 heteroatoms. The number of amides is 1. The van der Waals surface area contributed by atoms with Gasteiger partial charge in [-0.15, -0.1) is 0 Å². The number of halogens is 3. The maximum Gasteiger partial charge on any atom is 0.267 e. The van der Waals surface area contributed by atoms with Gasteiger partial charge in [0.1, 0.15) is 17.4 Å². The van der Waals surface area contributed by atoms with Crippen LogP contribution in [0.3, 0.4) is 0 Å². The Kier molecular flexibility index (Phi) is 6.54. The van der Waals surface area contributed by atoms with Gasteiger partial charge < -0.3 is 15.4 Å². The summed E-state index contributed by atoms with van der Waals surface area (Å²) in [5.74, 6) is -0.213. The molecule has 0 unspecified atom stereocenters. The van der Waals surface area contributed by atoms with Crippen LogP contribution in [0.2, 0.25) is 15.1 Å². The van der Waals surface area contributed by atoms with E-state index >= 15 is 0 Å². The number of nitriles is 1. The predicted molar refractivity (Wildman–Crippen MR) is 100 cm³/mol. The van der Waals surface area contributed by atoms with Crippen molar-refractivity contribution in [2.45, 2.75) is 0 Å². The van der Waals surface area contributed by atoms with Gasteiger partial charge in [0.25, 0.3) is 5.91 Å². The zero-order chi connectivity index (χ0) is 18.4. The minimum absolute atomic E-state index is 0.168. The first kappa shape index (κ1) is 18.9. The second-order valence-corrected chi connectivity index (χ2v) is 5.94. The van der Waals surface area contributed by atoms with Gasteiger partial charge in [-0.1, -0.05) is 40.9 Å². The Bertz CT molecular complexity index is 876. The van der Waals surface area contributed by atoms with Gasteiger partial charge in [-0.25, -0.2) is 0 Å². The Morgan fingerprint density at radius 2 is 1.96 bits per heavy atom. The van der Waals surface area contributed by atoms with E-state index in [0.29, 0.717) is 27.2 Å². The van der Waals surface area contributed by atoms with Crippen LogP contribution >= 0.6 is 34.8 Å². The summed E-state index contributed by atoms with van der Waals surface area (Å²) in [6.45, 7) is 0. The molecule has 5 nitrogen and oxygen atoms in total. The third-order valence-electron chi connectivity index (χ3n) is 3.10. The van der Waals surface area contributed by atoms with E-state index < -0.39 is 5.91 Å². The number of hydrogen-bond acceptors (Lipinski definition) is 4. The van der Waals surface area contributed by atoms with E-state index in [1.807, 2.05) is 6.07 Å². The molecule has 0 saturated carbocycles. The van der Waals surface area contributed by atoms with Crippen LogP contribution in [0, 0.1) is 11.3 Å². The van der Waals surface area contributed by atoms with Crippen molar-refractivity contribution in [1.82, 2.24) is 0 Å². The fraction of sp³-hybridized carbons (Fsp3) is 0.0588. The molecule has 0 aliphatic rings. The molecular weight excluding hydrogens is 385 g/mol. The molecule has 2 aromatic carbocycles. The molecule has 0 aromatic heterocycles. The van der Waals surface area contributed by atoms with Gasteiger partial charge in [-0.3, -0.25) is 4.79 Å². The van der Waals surface area contributed by atoms with Crippen molar-refractivity contribution in [3.8, 4) is 11.8 Å². The third kappa shape index (κ3) is 4.80. The molecule has 0 saturated heterocycles. The molecule has 0 radical (unpaired) electrons. The van der Waals surface area contributed by atoms with E-state index in [1.165, 1.54) is 19.4 Å². The van der Waals surface area contributed by atoms with Crippen molar-refractivity contribution in [3.63, 3.8) is 0 Å². The molecular formula is C17H12Cl3N3O2. The minimum Gasteiger partial charge on any atom is -0.495 e. The van der Waals surface area contributed by atoms with Gasteiger partial charge in [0, 0.05) is 11.2 Å². The molecule has 2 N–H and O–H groups in total. The Morgan fingerprint density at radius 1 is 1.20 bits per heavy atom. The van der Waals surface area contributed by atoms with Crippen molar-refractivity contribution < 1.29 is 9.53 Å². The monoisotopic (exact) mass is 395 g/mol. The molecule has 0 fully saturated rings. The van der Waals surface area contributed by atoms with Crippen molar-refractivity contribution in [2.24, 2.45) is 0 Å². The average Bonchev–Trinajstić information content (AvgIpc) is 2.59. The second-order valence-electron chi connectivity index (χ2n) is 4.71. The van der Waals surface area contributed by atoms with Gasteiger partial charge in [0.05, 0.1) is 28.5 Å². The lowest BCUT2D eigenvalue weighted by molar-refractivity contribution is -0.112. The number of nitrogens with one attached hydrogen (secondary N) is 2. The molecule has 1 amide bonds. The third-order valence-corrected chi connectivity index (χ3v) is 4.15. The van der Waals surface area contributed by atoms with Gasteiger partial charge in [-0.05, 0) is 30.3 Å². The van der Waals surface area contributed by atoms with Gasteiger partial charge in [-0.2, -0.15) is 5.26 Å². The second kappa shape index (κ2) is 8.63. The van der Waals surface area contributed by atoms with Crippen LogP contribution < -0.4 is 15.4 Å². The fourth-order valence-corrected chi connectivity index (χ4v) is 2.41. The summed E-state index contributed by atoms with van der Waals surface area (Å²) in [7, 11) is 1.46. The number of hydrogen-bond donors (Lipinski definition) is 2. The summed E-state index contributed by atoms with van der Waals surface area (Å²) in [5, 5.41) is 15.7. The number of anilines is 2. The van der Waals surface area contributed by atoms with E-state index in [0.717, 1.165) is 0 Å². The molecule has 0 aliphatic carbocycles. The van der Waals surface area contributed by atoms with Crippen molar-refractivity contribution in [3.05, 3.63) is 63.2 Å². The van der Waals surface area contributed by atoms with Gasteiger partial charge in [0.15, 0.2) is 0 Å². The normalized spacial score (nSPS) is 10.8. The first-order chi connectivity index (χ1) is 12.0. The molecule has 0 bridgehead atoms. The lowest BCUT2D eigenvalue weighted by Gasteiger charge is -2.10. The highest BCUT2D eigenvalue weighted by Crippen LogP contribution is 2.30. The molecule has 2 aromatic rings. The standard InChI is InChI=1S/C17H12Cl3N3O2/c1-25-15-6-5-11(18)7-14(15)23-17(24)10(8-21)9-22-13-4-2-3-12(19)16(13)20/h2-7,9,22H,1H3,(H,23,24)/b10-9-. The SMILES string of the molecule is COc1ccc(Cl)cc1NC(=O)/C(C#N)=C\Nc1cccc(Cl)c1Cl. The summed E-state index contributed by atoms with van der Waals surface area (Å²) in [4.78, 5) is 12.3. The van der Waals surface area contributed by atoms with Crippen LogP contribution in [-0.4, -0.2) is 13.0 Å². The van der Waals surface area contributed by atoms with E-state index in [4.69, 9.17) is 39.5 Å². The quantitative estimate of drug-likeness (QED) is 0.544. The number of nitrogens with zero attached hydrogens (tertiary/aromatic N) is 1. The zero-order valence-corrected chi connectivity index (χ0v) is 15.2. The predicted octanol–water partition coefficient (Wildman–Crippen LogP) is 5.11. The molecule has 0 heterocycles. The highest BCUT2D eigenvalue weighted by atomic mass is 35.5. The Labute approximate surface area is 159 Å². The summed E-state index contributed by atoms with van der Waals surface area (Å²) < 4.78 is 5.15. The van der Waals surface area contributed by atoms with Gasteiger partial charge >= 0.3 is 0 Å². The number of carbonyl (C=O) groups excluding carboxylic acids is 1. The molecule has 0 atom stereocenters. The molecule has 0 spiro atoms. The Balaban J connectivity index is 2.20. The first-order valence-corrected chi connectivity index (χ1v) is 8.05. The van der Waals surface area contributed by atoms with Crippen LogP contribution in [0.4, 0.5) is 11.4 Å². The fourth-order valence-electron chi connectivity index (χ4n) is 1.88. The van der Waals surface area contributed by atoms with Crippen molar-refractivity contribution in [2.75, 3.05) is 17.7 Å². The smallest absolute Gasteiger partial charge is 0.267 e. The Morgan fingerprint density at radius 3 is 2.64 bits per heavy atom. The van der Waals surface area contributed by atoms with E-state index in [1.54, 1.807) is 30.3 Å². The van der Waals surface area contributed by atoms with Crippen LogP contribution in [0.15, 0.2) is 48.2 Å². The van der Waals surface area contributed by atoms with E-state index in [-0.39, 0.29) is 10.6 Å². The summed E-state index contributed by atoms with van der Waals surface area (Å²) in [5.41, 5.74) is 0.648. The number of carbonyl (C=O) groups is 1. The lowest BCUT2D eigenvalue weighted by Crippen LogP contribution is -2.15. The maximum atomic E-state index is 12.3. The van der Waals surface area contributed by atoms with E-state index in [9.17, 15) is 10.1 Å². The van der Waals surface area contributed by atoms with Gasteiger partial charge in [0.2, 0.25) is 0 Å². The van der Waals surface area contributed by atoms with Crippen molar-refractivity contribution >= 4 is 52.1 Å². The maximum absolute atomic E-state index is 12.3. The summed E-state index contributed by atoms with van der Waals surface area (Å²) in [6, 6.07) is 11.6. The number of methoxy groups -OCH3 is 1. The first-order valence-electron chi connectivity index (χ1n) is 6.92. The molecule has 25 heavy (non-hydrogen) atoms. The van der Waals surface area contributed by atoms with E-state index in [2.05, 4.69) is 10.6 Å². The number of rotatable bonds is 5. The highest BCUT2D eigenvalue weighted by molar-refractivity contribution is 6.43. The lowest BCUT2D eigenvalue weighted by atomic mass is 10.2. The van der Waals surface area contributed by atoms with Crippen LogP contribution in [0.25, 0.3) is 0 Å². The van der Waals surface area contributed by atoms with Crippen molar-refractivity contribution in [1.29, 1.82) is 5.26 Å². The Hall–Kier alpha value is -2.39. The zero-order valence-electron chi connectivity index (χ0n) is 12.9. The molecule has 128 valence electrons. The summed E-state index contributed by atoms with van der Waals surface area (Å²) >= 11 is 17.9. The topological polar surface area (TPSA) is 74.1 Å². The largest absolute Gasteiger partial charge is 0.495 e. The summed E-state index contributed by atoms with van der Waals surface area (Å²) in [6.07, 6.45) is 1.24. The number of ether oxygens (including phenoxy) is 1. The minimum atomic E-state index is -0.631. The van der Waals surface area contributed by atoms with Crippen LogP contribution in [-0.2, 0) is 4.79 Å².